The van der Waals surface area contributed by atoms with Crippen molar-refractivity contribution in [2.45, 2.75) is 24.8 Å². The van der Waals surface area contributed by atoms with E-state index < -0.39 is 0 Å². The lowest BCUT2D eigenvalue weighted by molar-refractivity contribution is -0.121. The Morgan fingerprint density at radius 3 is 2.75 bits per heavy atom. The number of nitrogens with one attached hydrogen (secondary N) is 1. The van der Waals surface area contributed by atoms with Gasteiger partial charge in [0, 0.05) is 24.4 Å². The number of anilines is 1. The van der Waals surface area contributed by atoms with Crippen molar-refractivity contribution in [1.29, 1.82) is 0 Å². The van der Waals surface area contributed by atoms with Crippen LogP contribution in [0.2, 0.25) is 0 Å². The summed E-state index contributed by atoms with van der Waals surface area (Å²) in [6.07, 6.45) is 0.302. The van der Waals surface area contributed by atoms with E-state index >= 15 is 0 Å². The molecule has 0 saturated carbocycles. The normalized spacial score (nSPS) is 13.5. The van der Waals surface area contributed by atoms with Crippen LogP contribution in [0.1, 0.15) is 17.5 Å². The number of amides is 2. The second-order valence-corrected chi connectivity index (χ2v) is 6.77. The van der Waals surface area contributed by atoms with Crippen molar-refractivity contribution < 1.29 is 9.59 Å². The van der Waals surface area contributed by atoms with Crippen LogP contribution in [-0.4, -0.2) is 24.1 Å². The maximum atomic E-state index is 12.2. The molecule has 0 fully saturated rings. The summed E-state index contributed by atoms with van der Waals surface area (Å²) in [6, 6.07) is 15.8. The molecule has 24 heavy (non-hydrogen) atoms. The van der Waals surface area contributed by atoms with E-state index in [4.69, 9.17) is 0 Å². The largest absolute Gasteiger partial charge is 0.352 e. The fraction of sp³-hybridized carbons (Fsp3) is 0.263. The highest BCUT2D eigenvalue weighted by Gasteiger charge is 2.24. The van der Waals surface area contributed by atoms with Gasteiger partial charge < -0.3 is 10.2 Å². The number of carbonyl (C=O) groups excluding carboxylic acids is 2. The predicted molar refractivity (Wildman–Crippen MR) is 97.2 cm³/mol. The van der Waals surface area contributed by atoms with Gasteiger partial charge in [0.05, 0.1) is 11.4 Å². The predicted octanol–water partition coefficient (Wildman–Crippen LogP) is 3.14. The lowest BCUT2D eigenvalue weighted by Crippen LogP contribution is -2.38. The lowest BCUT2D eigenvalue weighted by atomic mass is 10.1. The van der Waals surface area contributed by atoms with Crippen LogP contribution in [0.15, 0.2) is 53.4 Å². The quantitative estimate of drug-likeness (QED) is 0.910. The van der Waals surface area contributed by atoms with Crippen molar-refractivity contribution in [3.05, 3.63) is 59.7 Å². The summed E-state index contributed by atoms with van der Waals surface area (Å²) in [4.78, 5) is 27.1. The first kappa shape index (κ1) is 16.6. The zero-order valence-electron chi connectivity index (χ0n) is 13.6. The number of nitrogens with zero attached hydrogens (tertiary/aromatic N) is 1. The number of aryl methyl sites for hydroxylation is 1. The minimum absolute atomic E-state index is 0.0400. The van der Waals surface area contributed by atoms with E-state index in [2.05, 4.69) is 5.32 Å². The fourth-order valence-electron chi connectivity index (χ4n) is 2.70. The number of fused-ring (bicyclic) bond motifs is 1. The van der Waals surface area contributed by atoms with E-state index in [0.717, 1.165) is 21.7 Å². The van der Waals surface area contributed by atoms with Crippen molar-refractivity contribution in [1.82, 2.24) is 5.32 Å². The second-order valence-electron chi connectivity index (χ2n) is 5.75. The molecule has 0 bridgehead atoms. The third-order valence-electron chi connectivity index (χ3n) is 4.11. The Kier molecular flexibility index (Phi) is 5.20. The summed E-state index contributed by atoms with van der Waals surface area (Å²) in [7, 11) is 0. The molecular formula is C19H20N2O2S. The summed E-state index contributed by atoms with van der Waals surface area (Å²) < 4.78 is 0. The van der Waals surface area contributed by atoms with Gasteiger partial charge in [0.25, 0.3) is 0 Å². The van der Waals surface area contributed by atoms with E-state index in [1.54, 1.807) is 16.7 Å². The second kappa shape index (κ2) is 7.53. The molecule has 0 unspecified atom stereocenters. The summed E-state index contributed by atoms with van der Waals surface area (Å²) in [5, 5.41) is 2.94. The molecule has 0 spiro atoms. The van der Waals surface area contributed by atoms with Gasteiger partial charge in [0.15, 0.2) is 0 Å². The van der Waals surface area contributed by atoms with Crippen LogP contribution in [0.4, 0.5) is 5.69 Å². The molecule has 2 aromatic rings. The van der Waals surface area contributed by atoms with Crippen molar-refractivity contribution in [3.8, 4) is 0 Å². The Bertz CT molecular complexity index is 761. The number of hydrogen-bond acceptors (Lipinski definition) is 3. The maximum Gasteiger partial charge on any atom is 0.237 e. The molecule has 0 radical (unpaired) electrons. The van der Waals surface area contributed by atoms with Crippen molar-refractivity contribution in [2.24, 2.45) is 0 Å². The van der Waals surface area contributed by atoms with Crippen LogP contribution >= 0.6 is 11.8 Å². The molecule has 4 nitrogen and oxygen atoms in total. The third-order valence-corrected chi connectivity index (χ3v) is 5.16. The highest BCUT2D eigenvalue weighted by atomic mass is 32.2. The molecule has 1 heterocycles. The van der Waals surface area contributed by atoms with Gasteiger partial charge in [-0.25, -0.2) is 0 Å². The lowest BCUT2D eigenvalue weighted by Gasteiger charge is -2.28. The first-order valence-corrected chi connectivity index (χ1v) is 8.97. The summed E-state index contributed by atoms with van der Waals surface area (Å²) in [5.41, 5.74) is 3.18. The minimum Gasteiger partial charge on any atom is -0.352 e. The van der Waals surface area contributed by atoms with Gasteiger partial charge in [-0.3, -0.25) is 9.59 Å². The Balaban J connectivity index is 1.57. The zero-order valence-corrected chi connectivity index (χ0v) is 14.4. The van der Waals surface area contributed by atoms with Gasteiger partial charge in [0.2, 0.25) is 11.8 Å². The van der Waals surface area contributed by atoms with Crippen LogP contribution in [0.5, 0.6) is 0 Å². The average molecular weight is 340 g/mol. The molecule has 0 atom stereocenters. The average Bonchev–Trinajstić information content (AvgIpc) is 2.60. The van der Waals surface area contributed by atoms with Gasteiger partial charge >= 0.3 is 0 Å². The first-order valence-electron chi connectivity index (χ1n) is 7.98. The van der Waals surface area contributed by atoms with E-state index in [1.807, 2.05) is 55.5 Å². The zero-order chi connectivity index (χ0) is 16.9. The highest BCUT2D eigenvalue weighted by molar-refractivity contribution is 8.00. The number of thioether (sulfide) groups is 1. The molecule has 124 valence electrons. The number of para-hydroxylation sites is 1. The topological polar surface area (TPSA) is 49.4 Å². The van der Waals surface area contributed by atoms with Crippen molar-refractivity contribution in [2.75, 3.05) is 17.2 Å². The number of carbonyl (C=O) groups is 2. The first-order chi connectivity index (χ1) is 11.6. The van der Waals surface area contributed by atoms with E-state index in [0.29, 0.717) is 25.3 Å². The van der Waals surface area contributed by atoms with E-state index in [-0.39, 0.29) is 11.8 Å². The fourth-order valence-corrected chi connectivity index (χ4v) is 3.64. The Morgan fingerprint density at radius 1 is 1.17 bits per heavy atom. The molecule has 2 aromatic carbocycles. The monoisotopic (exact) mass is 340 g/mol. The standard InChI is InChI=1S/C19H20N2O2S/c1-14-6-2-3-7-15(14)12-20-18(22)10-11-21-16-8-4-5-9-17(16)24-13-19(21)23/h2-9H,10-13H2,1H3,(H,20,22). The maximum absolute atomic E-state index is 12.2. The molecule has 5 heteroatoms. The van der Waals surface area contributed by atoms with Crippen molar-refractivity contribution >= 4 is 29.3 Å². The molecule has 1 N–H and O–H groups in total. The summed E-state index contributed by atoms with van der Waals surface area (Å²) in [5.74, 6) is 0.453. The summed E-state index contributed by atoms with van der Waals surface area (Å²) in [6.45, 7) is 2.96. The molecule has 3 rings (SSSR count). The minimum atomic E-state index is -0.0400. The number of benzene rings is 2. The van der Waals surface area contributed by atoms with Gasteiger partial charge in [-0.05, 0) is 30.2 Å². The van der Waals surface area contributed by atoms with Crippen LogP contribution in [0.3, 0.4) is 0 Å². The molecule has 1 aliphatic heterocycles. The van der Waals surface area contributed by atoms with Crippen LogP contribution in [0, 0.1) is 6.92 Å². The highest BCUT2D eigenvalue weighted by Crippen LogP contribution is 2.34. The van der Waals surface area contributed by atoms with Crippen LogP contribution in [0.25, 0.3) is 0 Å². The SMILES string of the molecule is Cc1ccccc1CNC(=O)CCN1C(=O)CSc2ccccc21. The van der Waals surface area contributed by atoms with Gasteiger partial charge in [-0.15, -0.1) is 11.8 Å². The number of hydrogen-bond donors (Lipinski definition) is 1. The van der Waals surface area contributed by atoms with Gasteiger partial charge in [0.1, 0.15) is 0 Å². The van der Waals surface area contributed by atoms with Gasteiger partial charge in [-0.1, -0.05) is 36.4 Å². The van der Waals surface area contributed by atoms with Crippen LogP contribution < -0.4 is 10.2 Å². The Labute approximate surface area is 146 Å². The molecular weight excluding hydrogens is 320 g/mol. The third kappa shape index (κ3) is 3.79. The molecule has 0 aromatic heterocycles. The van der Waals surface area contributed by atoms with E-state index in [9.17, 15) is 9.59 Å². The Hall–Kier alpha value is -2.27. The van der Waals surface area contributed by atoms with Gasteiger partial charge in [-0.2, -0.15) is 0 Å². The smallest absolute Gasteiger partial charge is 0.237 e. The number of rotatable bonds is 5. The molecule has 0 aliphatic carbocycles. The molecule has 2 amide bonds. The summed E-state index contributed by atoms with van der Waals surface area (Å²) >= 11 is 1.55. The van der Waals surface area contributed by atoms with Crippen LogP contribution in [-0.2, 0) is 16.1 Å². The van der Waals surface area contributed by atoms with E-state index in [1.165, 1.54) is 0 Å². The Morgan fingerprint density at radius 2 is 1.92 bits per heavy atom. The van der Waals surface area contributed by atoms with Crippen molar-refractivity contribution in [3.63, 3.8) is 0 Å². The molecule has 1 aliphatic rings. The molecule has 0 saturated heterocycles.